The molecule has 0 unspecified atom stereocenters. The topological polar surface area (TPSA) is 72.2 Å². The number of aromatic nitrogens is 2. The number of aryl methyl sites for hydroxylation is 1. The Morgan fingerprint density at radius 3 is 2.45 bits per heavy atom. The van der Waals surface area contributed by atoms with Crippen molar-refractivity contribution in [2.75, 3.05) is 0 Å². The van der Waals surface area contributed by atoms with Gasteiger partial charge in [0, 0.05) is 0 Å². The Kier molecular flexibility index (Phi) is 2.04. The molecule has 0 saturated carbocycles. The first-order chi connectivity index (χ1) is 4.91. The van der Waals surface area contributed by atoms with Crippen LogP contribution in [-0.2, 0) is 10.3 Å². The zero-order valence-electron chi connectivity index (χ0n) is 5.52. The van der Waals surface area contributed by atoms with Crippen molar-refractivity contribution in [1.29, 1.82) is 0 Å². The van der Waals surface area contributed by atoms with Gasteiger partial charge in [-0.1, -0.05) is 0 Å². The molecule has 1 N–H and O–H groups in total. The van der Waals surface area contributed by atoms with Crippen LogP contribution in [0.4, 0.5) is 0 Å². The van der Waals surface area contributed by atoms with E-state index in [1.807, 2.05) is 0 Å². The normalized spacial score (nSPS) is 11.9. The molecular formula is C4H5BrN2O3S. The molecule has 1 aromatic heterocycles. The van der Waals surface area contributed by atoms with Crippen molar-refractivity contribution in [2.45, 2.75) is 6.92 Å². The molecule has 7 heteroatoms. The largest absolute Gasteiger partial charge is 0.379 e. The van der Waals surface area contributed by atoms with E-state index in [4.69, 9.17) is 4.55 Å². The van der Waals surface area contributed by atoms with Crippen LogP contribution in [0, 0.1) is 6.92 Å². The van der Waals surface area contributed by atoms with Gasteiger partial charge in [-0.2, -0.15) is 13.5 Å². The third-order valence-corrected chi connectivity index (χ3v) is 2.49. The van der Waals surface area contributed by atoms with Gasteiger partial charge < -0.3 is 0 Å². The Balaban J connectivity index is 3.29. The highest BCUT2D eigenvalue weighted by Crippen LogP contribution is 2.13. The van der Waals surface area contributed by atoms with Crippen LogP contribution in [-0.4, -0.2) is 22.2 Å². The number of hydrogen-bond donors (Lipinski definition) is 1. The Morgan fingerprint density at radius 2 is 2.27 bits per heavy atom. The molecule has 0 aromatic carbocycles. The Hall–Kier alpha value is -0.400. The highest BCUT2D eigenvalue weighted by Gasteiger charge is 2.10. The zero-order valence-corrected chi connectivity index (χ0v) is 7.92. The average molecular weight is 241 g/mol. The SMILES string of the molecule is Cc1nn(S(=O)(=O)O)cc1Br. The number of rotatable bonds is 1. The molecular weight excluding hydrogens is 236 g/mol. The van der Waals surface area contributed by atoms with Gasteiger partial charge in [-0.25, -0.2) is 0 Å². The summed E-state index contributed by atoms with van der Waals surface area (Å²) >= 11 is 3.05. The molecule has 1 aromatic rings. The van der Waals surface area contributed by atoms with Crippen LogP contribution < -0.4 is 0 Å². The van der Waals surface area contributed by atoms with Crippen LogP contribution in [0.25, 0.3) is 0 Å². The highest BCUT2D eigenvalue weighted by atomic mass is 79.9. The van der Waals surface area contributed by atoms with Gasteiger partial charge in [0.05, 0.1) is 16.4 Å². The summed E-state index contributed by atoms with van der Waals surface area (Å²) in [5.41, 5.74) is 0.502. The van der Waals surface area contributed by atoms with Gasteiger partial charge in [0.15, 0.2) is 0 Å². The molecule has 0 fully saturated rings. The monoisotopic (exact) mass is 240 g/mol. The first kappa shape index (κ1) is 8.69. The summed E-state index contributed by atoms with van der Waals surface area (Å²) in [5, 5.41) is 3.51. The lowest BCUT2D eigenvalue weighted by atomic mass is 10.5. The minimum atomic E-state index is -4.23. The summed E-state index contributed by atoms with van der Waals surface area (Å²) < 4.78 is 30.4. The summed E-state index contributed by atoms with van der Waals surface area (Å²) in [6.45, 7) is 1.62. The number of nitrogens with zero attached hydrogens (tertiary/aromatic N) is 2. The summed E-state index contributed by atoms with van der Waals surface area (Å²) in [6, 6.07) is 0. The maximum Gasteiger partial charge on any atom is 0.379 e. The highest BCUT2D eigenvalue weighted by molar-refractivity contribution is 9.10. The van der Waals surface area contributed by atoms with Crippen molar-refractivity contribution in [3.8, 4) is 0 Å². The fraction of sp³-hybridized carbons (Fsp3) is 0.250. The summed E-state index contributed by atoms with van der Waals surface area (Å²) in [4.78, 5) is 0. The smallest absolute Gasteiger partial charge is 0.268 e. The van der Waals surface area contributed by atoms with Crippen molar-refractivity contribution in [1.82, 2.24) is 9.19 Å². The van der Waals surface area contributed by atoms with E-state index in [1.165, 1.54) is 6.20 Å². The second kappa shape index (κ2) is 2.58. The standard InChI is InChI=1S/C4H5BrN2O3S/c1-3-4(5)2-7(6-3)11(8,9)10/h2H,1H3,(H,8,9,10). The quantitative estimate of drug-likeness (QED) is 0.731. The molecule has 62 valence electrons. The van der Waals surface area contributed by atoms with Crippen LogP contribution in [0.1, 0.15) is 5.69 Å². The lowest BCUT2D eigenvalue weighted by Crippen LogP contribution is -2.11. The van der Waals surface area contributed by atoms with Gasteiger partial charge >= 0.3 is 10.3 Å². The molecule has 1 rings (SSSR count). The van der Waals surface area contributed by atoms with Gasteiger partial charge in [-0.05, 0) is 22.9 Å². The third kappa shape index (κ3) is 1.79. The lowest BCUT2D eigenvalue weighted by Gasteiger charge is -1.91. The average Bonchev–Trinajstić information content (AvgIpc) is 2.11. The summed E-state index contributed by atoms with van der Waals surface area (Å²) in [6.07, 6.45) is 1.17. The van der Waals surface area contributed by atoms with Gasteiger partial charge in [0.25, 0.3) is 0 Å². The first-order valence-corrected chi connectivity index (χ1v) is 4.80. The minimum Gasteiger partial charge on any atom is -0.268 e. The predicted octanol–water partition coefficient (Wildman–Crippen LogP) is 0.605. The molecule has 11 heavy (non-hydrogen) atoms. The maximum absolute atomic E-state index is 10.4. The molecule has 0 aliphatic rings. The van der Waals surface area contributed by atoms with E-state index in [1.54, 1.807) is 6.92 Å². The van der Waals surface area contributed by atoms with E-state index in [0.29, 0.717) is 14.3 Å². The number of halogens is 1. The van der Waals surface area contributed by atoms with Crippen molar-refractivity contribution in [3.63, 3.8) is 0 Å². The molecule has 0 spiro atoms. The molecule has 0 saturated heterocycles. The molecule has 1 heterocycles. The van der Waals surface area contributed by atoms with Crippen molar-refractivity contribution >= 4 is 26.2 Å². The summed E-state index contributed by atoms with van der Waals surface area (Å²) in [5.74, 6) is 0. The zero-order chi connectivity index (χ0) is 8.65. The van der Waals surface area contributed by atoms with Crippen molar-refractivity contribution in [2.24, 2.45) is 0 Å². The Bertz CT molecular complexity index is 349. The van der Waals surface area contributed by atoms with Crippen LogP contribution in [0.5, 0.6) is 0 Å². The van der Waals surface area contributed by atoms with Crippen molar-refractivity contribution in [3.05, 3.63) is 16.4 Å². The van der Waals surface area contributed by atoms with Crippen LogP contribution in [0.15, 0.2) is 10.7 Å². The van der Waals surface area contributed by atoms with E-state index in [-0.39, 0.29) is 0 Å². The predicted molar refractivity (Wildman–Crippen MR) is 41.6 cm³/mol. The fourth-order valence-corrected chi connectivity index (χ4v) is 1.41. The van der Waals surface area contributed by atoms with Gasteiger partial charge in [0.1, 0.15) is 0 Å². The van der Waals surface area contributed by atoms with E-state index in [0.717, 1.165) is 0 Å². The lowest BCUT2D eigenvalue weighted by molar-refractivity contribution is 0.465. The van der Waals surface area contributed by atoms with Crippen LogP contribution in [0.3, 0.4) is 0 Å². The third-order valence-electron chi connectivity index (χ3n) is 1.05. The fourth-order valence-electron chi connectivity index (χ4n) is 0.533. The number of hydrogen-bond acceptors (Lipinski definition) is 3. The van der Waals surface area contributed by atoms with Crippen molar-refractivity contribution < 1.29 is 13.0 Å². The van der Waals surface area contributed by atoms with Gasteiger partial charge in [0.2, 0.25) is 0 Å². The van der Waals surface area contributed by atoms with E-state index in [2.05, 4.69) is 21.0 Å². The molecule has 0 atom stereocenters. The van der Waals surface area contributed by atoms with Gasteiger partial charge in [-0.15, -0.1) is 4.09 Å². The summed E-state index contributed by atoms with van der Waals surface area (Å²) in [7, 11) is -4.23. The van der Waals surface area contributed by atoms with E-state index < -0.39 is 10.3 Å². The molecule has 0 aliphatic heterocycles. The maximum atomic E-state index is 10.4. The van der Waals surface area contributed by atoms with Crippen LogP contribution in [0.2, 0.25) is 0 Å². The minimum absolute atomic E-state index is 0.492. The van der Waals surface area contributed by atoms with E-state index in [9.17, 15) is 8.42 Å². The van der Waals surface area contributed by atoms with Crippen LogP contribution >= 0.6 is 15.9 Å². The second-order valence-electron chi connectivity index (χ2n) is 1.91. The molecule has 5 nitrogen and oxygen atoms in total. The Labute approximate surface area is 72.0 Å². The molecule has 0 bridgehead atoms. The second-order valence-corrected chi connectivity index (χ2v) is 4.04. The van der Waals surface area contributed by atoms with E-state index >= 15 is 0 Å². The first-order valence-electron chi connectivity index (χ1n) is 2.61. The van der Waals surface area contributed by atoms with Gasteiger partial charge in [-0.3, -0.25) is 4.55 Å². The molecule has 0 aliphatic carbocycles. The Morgan fingerprint density at radius 1 is 1.73 bits per heavy atom. The molecule has 0 radical (unpaired) electrons. The molecule has 0 amide bonds.